The van der Waals surface area contributed by atoms with Gasteiger partial charge in [0.2, 0.25) is 11.8 Å². The van der Waals surface area contributed by atoms with Gasteiger partial charge in [-0.15, -0.1) is 0 Å². The molecule has 1 saturated heterocycles. The van der Waals surface area contributed by atoms with E-state index >= 15 is 0 Å². The van der Waals surface area contributed by atoms with Gasteiger partial charge in [-0.1, -0.05) is 24.3 Å². The summed E-state index contributed by atoms with van der Waals surface area (Å²) in [6.07, 6.45) is 3.12. The van der Waals surface area contributed by atoms with Gasteiger partial charge < -0.3 is 15.0 Å². The molecule has 2 atom stereocenters. The van der Waals surface area contributed by atoms with Crippen molar-refractivity contribution in [3.8, 4) is 0 Å². The topological polar surface area (TPSA) is 58.6 Å². The average molecular weight is 344 g/mol. The number of rotatable bonds is 6. The van der Waals surface area contributed by atoms with Crippen molar-refractivity contribution in [2.24, 2.45) is 5.92 Å². The maximum absolute atomic E-state index is 12.6. The lowest BCUT2D eigenvalue weighted by atomic mass is 10.0. The van der Waals surface area contributed by atoms with E-state index in [9.17, 15) is 9.59 Å². The Morgan fingerprint density at radius 2 is 2.04 bits per heavy atom. The van der Waals surface area contributed by atoms with E-state index in [2.05, 4.69) is 24.4 Å². The van der Waals surface area contributed by atoms with E-state index in [4.69, 9.17) is 4.74 Å². The highest BCUT2D eigenvalue weighted by Crippen LogP contribution is 2.29. The summed E-state index contributed by atoms with van der Waals surface area (Å²) < 4.78 is 5.98. The van der Waals surface area contributed by atoms with Crippen LogP contribution in [-0.2, 0) is 14.3 Å². The Kier molecular flexibility index (Phi) is 5.74. The predicted molar refractivity (Wildman–Crippen MR) is 96.0 cm³/mol. The number of benzene rings is 1. The molecule has 1 aliphatic heterocycles. The number of carbonyl (C=O) groups is 2. The summed E-state index contributed by atoms with van der Waals surface area (Å²) in [6, 6.07) is 8.27. The Hall–Kier alpha value is -1.88. The van der Waals surface area contributed by atoms with Crippen LogP contribution in [0.1, 0.15) is 49.8 Å². The average Bonchev–Trinajstić information content (AvgIpc) is 3.44. The van der Waals surface area contributed by atoms with Crippen molar-refractivity contribution in [1.29, 1.82) is 0 Å². The summed E-state index contributed by atoms with van der Waals surface area (Å²) in [7, 11) is 0. The zero-order valence-corrected chi connectivity index (χ0v) is 15.2. The molecule has 0 unspecified atom stereocenters. The van der Waals surface area contributed by atoms with Gasteiger partial charge in [0.25, 0.3) is 0 Å². The highest BCUT2D eigenvalue weighted by atomic mass is 16.5. The van der Waals surface area contributed by atoms with Crippen molar-refractivity contribution >= 4 is 11.8 Å². The van der Waals surface area contributed by atoms with Gasteiger partial charge in [-0.2, -0.15) is 0 Å². The molecule has 0 bridgehead atoms. The standard InChI is InChI=1S/C20H28N2O3/c1-14-6-3-4-7-17(14)18-12-22(15(2)13-25-18)19(23)8-5-11-21-20(24)16-9-10-16/h3-4,6-7,15-16,18H,5,8-13H2,1-2H3,(H,21,24)/t15-,18+/m0/s1. The molecule has 136 valence electrons. The molecular formula is C20H28N2O3. The first-order valence-electron chi connectivity index (χ1n) is 9.30. The van der Waals surface area contributed by atoms with Crippen LogP contribution >= 0.6 is 0 Å². The number of carbonyl (C=O) groups excluding carboxylic acids is 2. The molecular weight excluding hydrogens is 316 g/mol. The largest absolute Gasteiger partial charge is 0.370 e. The lowest BCUT2D eigenvalue weighted by Crippen LogP contribution is -2.48. The Morgan fingerprint density at radius 3 is 2.76 bits per heavy atom. The van der Waals surface area contributed by atoms with Crippen molar-refractivity contribution in [3.05, 3.63) is 35.4 Å². The van der Waals surface area contributed by atoms with E-state index in [1.54, 1.807) is 0 Å². The zero-order valence-electron chi connectivity index (χ0n) is 15.2. The second-order valence-electron chi connectivity index (χ2n) is 7.24. The number of nitrogens with one attached hydrogen (secondary N) is 1. The molecule has 1 N–H and O–H groups in total. The Morgan fingerprint density at radius 1 is 1.28 bits per heavy atom. The van der Waals surface area contributed by atoms with E-state index in [0.717, 1.165) is 18.4 Å². The number of hydrogen-bond acceptors (Lipinski definition) is 3. The third-order valence-corrected chi connectivity index (χ3v) is 5.10. The minimum Gasteiger partial charge on any atom is -0.370 e. The number of hydrogen-bond donors (Lipinski definition) is 1. The van der Waals surface area contributed by atoms with Crippen molar-refractivity contribution in [2.75, 3.05) is 19.7 Å². The monoisotopic (exact) mass is 344 g/mol. The van der Waals surface area contributed by atoms with Crippen molar-refractivity contribution in [3.63, 3.8) is 0 Å². The summed E-state index contributed by atoms with van der Waals surface area (Å²) in [5.41, 5.74) is 2.35. The molecule has 5 heteroatoms. The lowest BCUT2D eigenvalue weighted by Gasteiger charge is -2.38. The molecule has 1 heterocycles. The van der Waals surface area contributed by atoms with Crippen LogP contribution in [0.3, 0.4) is 0 Å². The molecule has 3 rings (SSSR count). The van der Waals surface area contributed by atoms with Gasteiger partial charge in [0.15, 0.2) is 0 Å². The van der Waals surface area contributed by atoms with E-state index < -0.39 is 0 Å². The number of morpholine rings is 1. The lowest BCUT2D eigenvalue weighted by molar-refractivity contribution is -0.144. The maximum atomic E-state index is 12.6. The van der Waals surface area contributed by atoms with Crippen LogP contribution in [0.2, 0.25) is 0 Å². The van der Waals surface area contributed by atoms with E-state index in [0.29, 0.717) is 32.5 Å². The molecule has 1 aromatic carbocycles. The number of nitrogens with zero attached hydrogens (tertiary/aromatic N) is 1. The van der Waals surface area contributed by atoms with Crippen molar-refractivity contribution in [1.82, 2.24) is 10.2 Å². The smallest absolute Gasteiger partial charge is 0.223 e. The maximum Gasteiger partial charge on any atom is 0.223 e. The SMILES string of the molecule is Cc1ccccc1[C@H]1CN(C(=O)CCCNC(=O)C2CC2)[C@@H](C)CO1. The summed E-state index contributed by atoms with van der Waals surface area (Å²) in [6.45, 7) is 5.84. The fourth-order valence-corrected chi connectivity index (χ4v) is 3.33. The van der Waals surface area contributed by atoms with Crippen LogP contribution in [-0.4, -0.2) is 42.5 Å². The molecule has 1 saturated carbocycles. The third kappa shape index (κ3) is 4.60. The second-order valence-corrected chi connectivity index (χ2v) is 7.24. The second kappa shape index (κ2) is 8.00. The highest BCUT2D eigenvalue weighted by Gasteiger charge is 2.31. The van der Waals surface area contributed by atoms with Crippen LogP contribution < -0.4 is 5.32 Å². The molecule has 25 heavy (non-hydrogen) atoms. The summed E-state index contributed by atoms with van der Waals surface area (Å²) in [5, 5.41) is 2.92. The van der Waals surface area contributed by atoms with E-state index in [-0.39, 0.29) is 29.9 Å². The molecule has 0 radical (unpaired) electrons. The van der Waals surface area contributed by atoms with Crippen molar-refractivity contribution < 1.29 is 14.3 Å². The zero-order chi connectivity index (χ0) is 17.8. The Balaban J connectivity index is 1.50. The van der Waals surface area contributed by atoms with E-state index in [1.807, 2.05) is 24.0 Å². The summed E-state index contributed by atoms with van der Waals surface area (Å²) in [4.78, 5) is 26.2. The fraction of sp³-hybridized carbons (Fsp3) is 0.600. The molecule has 2 fully saturated rings. The molecule has 0 aromatic heterocycles. The number of amides is 2. The molecule has 2 aliphatic rings. The van der Waals surface area contributed by atoms with Gasteiger partial charge in [-0.3, -0.25) is 9.59 Å². The fourth-order valence-electron chi connectivity index (χ4n) is 3.33. The van der Waals surface area contributed by atoms with Gasteiger partial charge >= 0.3 is 0 Å². The first kappa shape index (κ1) is 17.9. The summed E-state index contributed by atoms with van der Waals surface area (Å²) >= 11 is 0. The molecule has 0 spiro atoms. The van der Waals surface area contributed by atoms with Crippen LogP contribution in [0.15, 0.2) is 24.3 Å². The van der Waals surface area contributed by atoms with Gasteiger partial charge in [-0.25, -0.2) is 0 Å². The quantitative estimate of drug-likeness (QED) is 0.807. The van der Waals surface area contributed by atoms with Crippen LogP contribution in [0.4, 0.5) is 0 Å². The first-order chi connectivity index (χ1) is 12.1. The third-order valence-electron chi connectivity index (χ3n) is 5.10. The van der Waals surface area contributed by atoms with Crippen LogP contribution in [0.25, 0.3) is 0 Å². The normalized spacial score (nSPS) is 23.4. The molecule has 5 nitrogen and oxygen atoms in total. The number of aryl methyl sites for hydroxylation is 1. The van der Waals surface area contributed by atoms with Crippen molar-refractivity contribution in [2.45, 2.75) is 51.7 Å². The predicted octanol–water partition coefficient (Wildman–Crippen LogP) is 2.59. The molecule has 1 aromatic rings. The van der Waals surface area contributed by atoms with Crippen LogP contribution in [0, 0.1) is 12.8 Å². The van der Waals surface area contributed by atoms with Gasteiger partial charge in [0, 0.05) is 18.9 Å². The summed E-state index contributed by atoms with van der Waals surface area (Å²) in [5.74, 6) is 0.520. The van der Waals surface area contributed by atoms with Gasteiger partial charge in [0.05, 0.1) is 19.2 Å². The Bertz CT molecular complexity index is 627. The minimum atomic E-state index is -0.0593. The Labute approximate surface area is 149 Å². The van der Waals surface area contributed by atoms with E-state index in [1.165, 1.54) is 5.56 Å². The van der Waals surface area contributed by atoms with Gasteiger partial charge in [0.1, 0.15) is 6.10 Å². The molecule has 2 amide bonds. The first-order valence-corrected chi connectivity index (χ1v) is 9.30. The highest BCUT2D eigenvalue weighted by molar-refractivity contribution is 5.81. The molecule has 1 aliphatic carbocycles. The number of ether oxygens (including phenoxy) is 1. The minimum absolute atomic E-state index is 0.0593. The van der Waals surface area contributed by atoms with Gasteiger partial charge in [-0.05, 0) is 44.2 Å². The van der Waals surface area contributed by atoms with Crippen LogP contribution in [0.5, 0.6) is 0 Å².